The molecular formula is C17H19N3O2. The van der Waals surface area contributed by atoms with E-state index in [2.05, 4.69) is 30.3 Å². The molecule has 0 bridgehead atoms. The van der Waals surface area contributed by atoms with Gasteiger partial charge < -0.3 is 9.73 Å². The summed E-state index contributed by atoms with van der Waals surface area (Å²) in [5.41, 5.74) is 2.50. The molecule has 0 radical (unpaired) electrons. The fraction of sp³-hybridized carbons (Fsp3) is 0.294. The van der Waals surface area contributed by atoms with E-state index in [0.29, 0.717) is 18.0 Å². The first-order valence-corrected chi connectivity index (χ1v) is 7.40. The number of aromatic nitrogens is 2. The van der Waals surface area contributed by atoms with E-state index < -0.39 is 0 Å². The van der Waals surface area contributed by atoms with Gasteiger partial charge in [-0.2, -0.15) is 5.10 Å². The van der Waals surface area contributed by atoms with Crippen LogP contribution >= 0.6 is 0 Å². The smallest absolute Gasteiger partial charge is 0.254 e. The zero-order valence-electron chi connectivity index (χ0n) is 12.7. The Hall–Kier alpha value is -2.56. The fourth-order valence-corrected chi connectivity index (χ4v) is 2.47. The molecule has 0 aliphatic rings. The molecule has 0 aliphatic carbocycles. The van der Waals surface area contributed by atoms with Gasteiger partial charge in [-0.3, -0.25) is 9.48 Å². The highest BCUT2D eigenvalue weighted by Gasteiger charge is 2.13. The van der Waals surface area contributed by atoms with Gasteiger partial charge in [0.05, 0.1) is 29.6 Å². The molecule has 0 saturated heterocycles. The third-order valence-corrected chi connectivity index (χ3v) is 3.47. The Morgan fingerprint density at radius 1 is 1.32 bits per heavy atom. The molecule has 2 aromatic heterocycles. The second-order valence-corrected chi connectivity index (χ2v) is 5.73. The number of carbonyl (C=O) groups is 1. The number of furan rings is 1. The molecule has 2 heterocycles. The van der Waals surface area contributed by atoms with E-state index in [1.807, 2.05) is 22.9 Å². The van der Waals surface area contributed by atoms with E-state index in [4.69, 9.17) is 4.42 Å². The molecule has 5 heteroatoms. The zero-order valence-corrected chi connectivity index (χ0v) is 12.7. The van der Waals surface area contributed by atoms with Crippen molar-refractivity contribution >= 4 is 16.8 Å². The maximum atomic E-state index is 12.0. The molecular weight excluding hydrogens is 278 g/mol. The molecule has 0 unspecified atom stereocenters. The lowest BCUT2D eigenvalue weighted by molar-refractivity contribution is 0.0950. The minimum atomic E-state index is -0.156. The standard InChI is InChI=1S/C17H19N3O2/c1-12(2)10-20-16-6-4-3-5-14(16)15(19-20)9-18-17(21)13-7-8-22-11-13/h3-8,11-12H,9-10H2,1-2H3,(H,18,21). The summed E-state index contributed by atoms with van der Waals surface area (Å²) >= 11 is 0. The molecule has 0 saturated carbocycles. The maximum Gasteiger partial charge on any atom is 0.254 e. The molecule has 5 nitrogen and oxygen atoms in total. The summed E-state index contributed by atoms with van der Waals surface area (Å²) in [6.45, 7) is 5.58. The summed E-state index contributed by atoms with van der Waals surface area (Å²) in [5, 5.41) is 8.63. The van der Waals surface area contributed by atoms with Gasteiger partial charge in [-0.15, -0.1) is 0 Å². The van der Waals surface area contributed by atoms with Crippen LogP contribution < -0.4 is 5.32 Å². The van der Waals surface area contributed by atoms with Crippen molar-refractivity contribution in [2.45, 2.75) is 26.9 Å². The first-order chi connectivity index (χ1) is 10.6. The highest BCUT2D eigenvalue weighted by Crippen LogP contribution is 2.19. The fourth-order valence-electron chi connectivity index (χ4n) is 2.47. The molecule has 1 amide bonds. The van der Waals surface area contributed by atoms with Crippen LogP contribution in [0, 0.1) is 5.92 Å². The van der Waals surface area contributed by atoms with Crippen LogP contribution in [-0.2, 0) is 13.1 Å². The van der Waals surface area contributed by atoms with Gasteiger partial charge in [0.25, 0.3) is 5.91 Å². The predicted molar refractivity (Wildman–Crippen MR) is 84.4 cm³/mol. The van der Waals surface area contributed by atoms with Gasteiger partial charge in [0.1, 0.15) is 6.26 Å². The van der Waals surface area contributed by atoms with E-state index in [1.165, 1.54) is 12.5 Å². The van der Waals surface area contributed by atoms with E-state index in [1.54, 1.807) is 6.07 Å². The predicted octanol–water partition coefficient (Wildman–Crippen LogP) is 3.22. The lowest BCUT2D eigenvalue weighted by Gasteiger charge is -2.05. The Morgan fingerprint density at radius 2 is 2.14 bits per heavy atom. The number of hydrogen-bond acceptors (Lipinski definition) is 3. The van der Waals surface area contributed by atoms with Gasteiger partial charge in [-0.1, -0.05) is 32.0 Å². The van der Waals surface area contributed by atoms with Crippen molar-refractivity contribution in [2.75, 3.05) is 0 Å². The summed E-state index contributed by atoms with van der Waals surface area (Å²) in [7, 11) is 0. The Morgan fingerprint density at radius 3 is 2.86 bits per heavy atom. The molecule has 0 atom stereocenters. The Labute approximate surface area is 128 Å². The Kier molecular flexibility index (Phi) is 3.96. The minimum absolute atomic E-state index is 0.156. The van der Waals surface area contributed by atoms with Crippen molar-refractivity contribution in [2.24, 2.45) is 5.92 Å². The topological polar surface area (TPSA) is 60.1 Å². The van der Waals surface area contributed by atoms with Gasteiger partial charge in [0, 0.05) is 11.9 Å². The van der Waals surface area contributed by atoms with Crippen molar-refractivity contribution in [3.8, 4) is 0 Å². The number of amides is 1. The molecule has 0 aliphatic heterocycles. The van der Waals surface area contributed by atoms with Crippen molar-refractivity contribution in [3.05, 3.63) is 54.1 Å². The lowest BCUT2D eigenvalue weighted by atomic mass is 10.2. The number of rotatable bonds is 5. The minimum Gasteiger partial charge on any atom is -0.472 e. The third-order valence-electron chi connectivity index (χ3n) is 3.47. The molecule has 1 N–H and O–H groups in total. The maximum absolute atomic E-state index is 12.0. The number of fused-ring (bicyclic) bond motifs is 1. The quantitative estimate of drug-likeness (QED) is 0.786. The highest BCUT2D eigenvalue weighted by atomic mass is 16.3. The number of benzene rings is 1. The zero-order chi connectivity index (χ0) is 15.5. The van der Waals surface area contributed by atoms with E-state index in [0.717, 1.165) is 23.1 Å². The van der Waals surface area contributed by atoms with E-state index >= 15 is 0 Å². The summed E-state index contributed by atoms with van der Waals surface area (Å²) in [4.78, 5) is 12.0. The average molecular weight is 297 g/mol. The van der Waals surface area contributed by atoms with Crippen LogP contribution in [0.3, 0.4) is 0 Å². The van der Waals surface area contributed by atoms with Crippen molar-refractivity contribution < 1.29 is 9.21 Å². The van der Waals surface area contributed by atoms with Gasteiger partial charge in [0.2, 0.25) is 0 Å². The van der Waals surface area contributed by atoms with Crippen LogP contribution in [0.25, 0.3) is 10.9 Å². The van der Waals surface area contributed by atoms with E-state index in [9.17, 15) is 4.79 Å². The number of para-hydroxylation sites is 1. The van der Waals surface area contributed by atoms with Crippen LogP contribution in [0.4, 0.5) is 0 Å². The van der Waals surface area contributed by atoms with Crippen LogP contribution in [0.2, 0.25) is 0 Å². The summed E-state index contributed by atoms with van der Waals surface area (Å²) in [6, 6.07) is 9.75. The normalized spacial score (nSPS) is 11.2. The SMILES string of the molecule is CC(C)Cn1nc(CNC(=O)c2ccoc2)c2ccccc21. The van der Waals surface area contributed by atoms with Gasteiger partial charge in [-0.25, -0.2) is 0 Å². The monoisotopic (exact) mass is 297 g/mol. The molecule has 114 valence electrons. The second-order valence-electron chi connectivity index (χ2n) is 5.73. The first-order valence-electron chi connectivity index (χ1n) is 7.40. The Bertz CT molecular complexity index is 772. The van der Waals surface area contributed by atoms with Crippen LogP contribution in [0.1, 0.15) is 29.9 Å². The van der Waals surface area contributed by atoms with Gasteiger partial charge in [0.15, 0.2) is 0 Å². The summed E-state index contributed by atoms with van der Waals surface area (Å²) in [5.74, 6) is 0.355. The number of carbonyl (C=O) groups excluding carboxylic acids is 1. The van der Waals surface area contributed by atoms with Crippen LogP contribution in [0.15, 0.2) is 47.3 Å². The van der Waals surface area contributed by atoms with Crippen molar-refractivity contribution in [3.63, 3.8) is 0 Å². The molecule has 1 aromatic carbocycles. The summed E-state index contributed by atoms with van der Waals surface area (Å²) < 4.78 is 6.94. The lowest BCUT2D eigenvalue weighted by Crippen LogP contribution is -2.22. The summed E-state index contributed by atoms with van der Waals surface area (Å²) in [6.07, 6.45) is 2.92. The largest absolute Gasteiger partial charge is 0.472 e. The molecule has 0 spiro atoms. The number of nitrogens with zero attached hydrogens (tertiary/aromatic N) is 2. The van der Waals surface area contributed by atoms with E-state index in [-0.39, 0.29) is 5.91 Å². The average Bonchev–Trinajstić information content (AvgIpc) is 3.13. The first kappa shape index (κ1) is 14.4. The molecule has 3 rings (SSSR count). The van der Waals surface area contributed by atoms with Gasteiger partial charge >= 0.3 is 0 Å². The second kappa shape index (κ2) is 6.05. The molecule has 3 aromatic rings. The van der Waals surface area contributed by atoms with Crippen molar-refractivity contribution in [1.29, 1.82) is 0 Å². The van der Waals surface area contributed by atoms with Crippen LogP contribution in [-0.4, -0.2) is 15.7 Å². The number of nitrogens with one attached hydrogen (secondary N) is 1. The third kappa shape index (κ3) is 2.88. The molecule has 0 fully saturated rings. The van der Waals surface area contributed by atoms with Crippen LogP contribution in [0.5, 0.6) is 0 Å². The van der Waals surface area contributed by atoms with Crippen molar-refractivity contribution in [1.82, 2.24) is 15.1 Å². The highest BCUT2D eigenvalue weighted by molar-refractivity contribution is 5.94. The van der Waals surface area contributed by atoms with Gasteiger partial charge in [-0.05, 0) is 18.1 Å². The Balaban J connectivity index is 1.83. The molecule has 22 heavy (non-hydrogen) atoms. The number of hydrogen-bond donors (Lipinski definition) is 1.